The van der Waals surface area contributed by atoms with Crippen molar-refractivity contribution in [2.75, 3.05) is 158 Å². The van der Waals surface area contributed by atoms with Gasteiger partial charge in [0, 0.05) is 95.6 Å². The number of aromatic nitrogens is 5. The van der Waals surface area contributed by atoms with E-state index in [0.717, 1.165) is 33.6 Å². The number of nitrogens with zero attached hydrogens (tertiary/aromatic N) is 7. The highest BCUT2D eigenvalue weighted by atomic mass is 16.6. The molecule has 132 heavy (non-hydrogen) atoms. The number of anilines is 2. The monoisotopic (exact) mass is 1850 g/mol. The number of ketones is 3. The maximum atomic E-state index is 14.4. The third-order valence-corrected chi connectivity index (χ3v) is 24.3. The van der Waals surface area contributed by atoms with Crippen LogP contribution in [0.3, 0.4) is 0 Å². The molecular weight excluding hydrogens is 1710 g/mol. The number of hydrogen-bond acceptors (Lipinski definition) is 32. The number of carbonyl (C=O) groups is 8. The molecule has 37 heteroatoms. The molecule has 37 nitrogen and oxygen atoms in total. The Morgan fingerprint density at radius 2 is 1.38 bits per heavy atom. The van der Waals surface area contributed by atoms with Crippen LogP contribution in [0, 0.1) is 29.6 Å². The molecule has 5 aromatic rings. The number of Topliss-reactive ketones (excluding diaryl/α,β-unsaturated/α-hetero) is 3. The van der Waals surface area contributed by atoms with Crippen molar-refractivity contribution in [2.45, 2.75) is 218 Å². The van der Waals surface area contributed by atoms with Crippen LogP contribution < -0.4 is 27.8 Å². The molecule has 1 saturated carbocycles. The Hall–Kier alpha value is -9.42. The lowest BCUT2D eigenvalue weighted by atomic mass is 9.80. The van der Waals surface area contributed by atoms with Gasteiger partial charge in [0.1, 0.15) is 59.6 Å². The second kappa shape index (κ2) is 54.8. The SMILES string of the molecule is C=C(C)[C@@H](O)[C@@H](O)C(=O)[C@H](C)C[C@H](C)/C=C/C=C/C=C(\C)[C@H](C[C@@H]1CC[C@@H](C)[C@](O)(C(=O)C(=O)N2CCCC[C@H]2C(=O)O[C@@H](CC(=O)C(C)C)[C@H](N)C[C@@H]2CC[C@@H](OC(=O)NCCOCCOCCOCCOCCC(=O)NCCOCCOCCOCCOCCC(=O)N3CCc4cc(Cn5nc(-c6ccc7oc(N)nc7c6)c6c(N)ncnc65)ccc4C3)[C@H](OC)C2)O1)OC. The number of fused-ring (bicyclic) bond motifs is 3. The molecule has 3 aliphatic heterocycles. The number of piperidine rings is 1. The third-order valence-electron chi connectivity index (χ3n) is 24.3. The van der Waals surface area contributed by atoms with Crippen molar-refractivity contribution in [3.63, 3.8) is 0 Å². The molecule has 11 N–H and O–H groups in total. The van der Waals surface area contributed by atoms with Gasteiger partial charge in [-0.05, 0) is 142 Å². The standard InChI is InChI=1S/C95H140N12O25/c1-60(2)75(108)56-79(129-92(116)74-18-14-15-32-106(74)91(115)88(114)95(118)65(8)19-24-71(132-95)55-78(119-9)63(6)17-13-11-12-16-62(5)50-64(7)86(112)87(113)85(111)61(3)4)72(96)52-66-21-25-77(80(53-66)120-10)131-94(117)100-31-37-124-41-45-128-48-46-125-42-38-121-34-28-81(109)99-30-36-123-40-44-127-49-47-126-43-39-122-35-29-82(110)105-33-27-68-51-67(20-22-70(68)58-105)57-107-90-83(89(97)101-59-102-90)84(104-107)69-23-26-76-73(54-69)103-93(98)130-76/h11-13,16-17,20,22-23,26,51,54,59-60,62,64-66,71-72,74,77-80,85,87,111,113,118H,3,14-15,18-19,21,24-25,27-50,52-53,55-58,96H2,1-2,4-10H3,(H2,98,103)(H,99,109)(H,100,117)(H2,97,101,102)/b13-11+,16-12+,63-17+/t62-,64-,65-,66+,71+,72-,74+,77-,78+,79+,80-,85-,87-,95-/m1/s1. The van der Waals surface area contributed by atoms with E-state index >= 15 is 0 Å². The number of carbonyl (C=O) groups excluding carboxylic acids is 8. The van der Waals surface area contributed by atoms with Crippen LogP contribution in [0.1, 0.15) is 155 Å². The minimum atomic E-state index is -2.51. The first-order chi connectivity index (χ1) is 63.5. The van der Waals surface area contributed by atoms with Crippen LogP contribution in [0.25, 0.3) is 33.4 Å². The summed E-state index contributed by atoms with van der Waals surface area (Å²) in [5.41, 5.74) is 26.7. The lowest BCUT2D eigenvalue weighted by Gasteiger charge is -2.42. The maximum absolute atomic E-state index is 14.4. The van der Waals surface area contributed by atoms with E-state index in [1.165, 1.54) is 19.0 Å². The smallest absolute Gasteiger partial charge is 0.407 e. The van der Waals surface area contributed by atoms with Crippen LogP contribution in [0.2, 0.25) is 0 Å². The number of nitrogens with two attached hydrogens (primary N) is 3. The van der Waals surface area contributed by atoms with Crippen molar-refractivity contribution < 1.29 is 120 Å². The minimum Gasteiger partial charge on any atom is -0.459 e. The zero-order chi connectivity index (χ0) is 95.2. The molecule has 4 amide bonds. The fourth-order valence-electron chi connectivity index (χ4n) is 16.6. The van der Waals surface area contributed by atoms with E-state index in [0.29, 0.717) is 202 Å². The van der Waals surface area contributed by atoms with Crippen LogP contribution >= 0.6 is 0 Å². The number of benzene rings is 2. The molecule has 14 atom stereocenters. The number of methoxy groups -OCH3 is 2. The van der Waals surface area contributed by atoms with Gasteiger partial charge in [0.05, 0.1) is 142 Å². The average Bonchev–Trinajstić information content (AvgIpc) is 1.56. The van der Waals surface area contributed by atoms with E-state index in [1.54, 1.807) is 47.8 Å². The fourth-order valence-corrected chi connectivity index (χ4v) is 16.6. The summed E-state index contributed by atoms with van der Waals surface area (Å²) in [4.78, 5) is 124. The molecule has 3 aromatic heterocycles. The summed E-state index contributed by atoms with van der Waals surface area (Å²) in [6.45, 7) is 23.1. The number of hydrogen-bond donors (Lipinski definition) is 8. The lowest BCUT2D eigenvalue weighted by molar-refractivity contribution is -0.265. The van der Waals surface area contributed by atoms with E-state index in [-0.39, 0.29) is 107 Å². The number of aliphatic hydroxyl groups excluding tert-OH is 2. The summed E-state index contributed by atoms with van der Waals surface area (Å²) >= 11 is 0. The Bertz CT molecular complexity index is 4630. The van der Waals surface area contributed by atoms with Crippen molar-refractivity contribution in [2.24, 2.45) is 35.3 Å². The van der Waals surface area contributed by atoms with E-state index in [1.807, 2.05) is 72.0 Å². The van der Waals surface area contributed by atoms with E-state index < -0.39 is 108 Å². The molecule has 0 unspecified atom stereocenters. The molecule has 1 aliphatic carbocycles. The molecular formula is C95H140N12O25. The highest BCUT2D eigenvalue weighted by Crippen LogP contribution is 2.39. The summed E-state index contributed by atoms with van der Waals surface area (Å²) in [7, 11) is 3.07. The van der Waals surface area contributed by atoms with Crippen LogP contribution in [-0.2, 0) is 115 Å². The molecule has 4 aliphatic rings. The summed E-state index contributed by atoms with van der Waals surface area (Å²) < 4.78 is 81.9. The van der Waals surface area contributed by atoms with Gasteiger partial charge in [-0.1, -0.05) is 89.8 Å². The molecule has 3 fully saturated rings. The summed E-state index contributed by atoms with van der Waals surface area (Å²) in [5, 5.41) is 43.5. The van der Waals surface area contributed by atoms with Crippen molar-refractivity contribution >= 4 is 81.1 Å². The van der Waals surface area contributed by atoms with Gasteiger partial charge in [-0.3, -0.25) is 28.8 Å². The molecule has 6 heterocycles. The largest absolute Gasteiger partial charge is 0.459 e. The predicted molar refractivity (Wildman–Crippen MR) is 489 cm³/mol. The normalized spacial score (nSPS) is 20.7. The Labute approximate surface area is 772 Å². The molecule has 0 spiro atoms. The van der Waals surface area contributed by atoms with Gasteiger partial charge < -0.3 is 119 Å². The van der Waals surface area contributed by atoms with Crippen LogP contribution in [0.15, 0.2) is 95.2 Å². The van der Waals surface area contributed by atoms with Gasteiger partial charge >= 0.3 is 12.1 Å². The molecule has 0 radical (unpaired) electrons. The summed E-state index contributed by atoms with van der Waals surface area (Å²) in [6.07, 6.45) is 9.45. The number of nitrogen functional groups attached to an aromatic ring is 2. The number of aliphatic hydroxyl groups is 3. The van der Waals surface area contributed by atoms with Crippen molar-refractivity contribution in [3.05, 3.63) is 108 Å². The van der Waals surface area contributed by atoms with Crippen LogP contribution in [0.5, 0.6) is 0 Å². The minimum absolute atomic E-state index is 0.0143. The Kier molecular flexibility index (Phi) is 44.1. The number of amides is 4. The van der Waals surface area contributed by atoms with Crippen molar-refractivity contribution in [3.8, 4) is 11.3 Å². The zero-order valence-electron chi connectivity index (χ0n) is 78.1. The van der Waals surface area contributed by atoms with E-state index in [2.05, 4.69) is 44.3 Å². The molecule has 2 saturated heterocycles. The van der Waals surface area contributed by atoms with E-state index in [9.17, 15) is 53.7 Å². The first kappa shape index (κ1) is 106. The van der Waals surface area contributed by atoms with Gasteiger partial charge in [-0.15, -0.1) is 0 Å². The Morgan fingerprint density at radius 3 is 2.04 bits per heavy atom. The van der Waals surface area contributed by atoms with Crippen LogP contribution in [-0.4, -0.2) is 304 Å². The van der Waals surface area contributed by atoms with Gasteiger partial charge in [0.25, 0.3) is 17.7 Å². The topological polar surface area (TPSA) is 495 Å². The zero-order valence-corrected chi connectivity index (χ0v) is 78.1. The lowest BCUT2D eigenvalue weighted by Crippen LogP contribution is -2.61. The third kappa shape index (κ3) is 32.7. The Morgan fingerprint density at radius 1 is 0.720 bits per heavy atom. The number of likely N-dealkylation sites (tertiary alicyclic amines) is 1. The number of oxazole rings is 1. The molecule has 2 aromatic carbocycles. The second-order valence-electron chi connectivity index (χ2n) is 34.8. The highest BCUT2D eigenvalue weighted by Gasteiger charge is 2.53. The van der Waals surface area contributed by atoms with E-state index in [4.69, 9.17) is 88.3 Å². The molecule has 0 bridgehead atoms. The molecule has 9 rings (SSSR count). The number of ether oxygens (including phenoxy) is 13. The van der Waals surface area contributed by atoms with Gasteiger partial charge in [0.2, 0.25) is 17.6 Å². The number of nitrogens with one attached hydrogen (secondary N) is 2. The predicted octanol–water partition coefficient (Wildman–Crippen LogP) is 7.36. The fraction of sp³-hybridized carbons (Fsp3) is 0.642. The Balaban J connectivity index is 0.544. The quantitative estimate of drug-likeness (QED) is 0.00619. The van der Waals surface area contributed by atoms with Gasteiger partial charge in [0.15, 0.2) is 17.0 Å². The van der Waals surface area contributed by atoms with Gasteiger partial charge in [-0.25, -0.2) is 24.2 Å². The molecule has 730 valence electrons. The number of alkyl carbamates (subject to hydrolysis) is 1. The average molecular weight is 1850 g/mol. The number of allylic oxidation sites excluding steroid dienone is 5. The highest BCUT2D eigenvalue weighted by molar-refractivity contribution is 6.39. The number of rotatable bonds is 58. The maximum Gasteiger partial charge on any atom is 0.407 e. The first-order valence-corrected chi connectivity index (χ1v) is 46.2. The van der Waals surface area contributed by atoms with Crippen molar-refractivity contribution in [1.29, 1.82) is 0 Å². The second-order valence-corrected chi connectivity index (χ2v) is 34.8. The van der Waals surface area contributed by atoms with Crippen LogP contribution in [0.4, 0.5) is 16.6 Å². The number of esters is 1. The summed E-state index contributed by atoms with van der Waals surface area (Å²) in [5.74, 6) is -7.81. The van der Waals surface area contributed by atoms with Gasteiger partial charge in [-0.2, -0.15) is 10.1 Å². The first-order valence-electron chi connectivity index (χ1n) is 46.2. The summed E-state index contributed by atoms with van der Waals surface area (Å²) in [6, 6.07) is 9.86. The van der Waals surface area contributed by atoms with Crippen molar-refractivity contribution in [1.82, 2.24) is 45.2 Å².